The predicted octanol–water partition coefficient (Wildman–Crippen LogP) is 3.34. The number of hydrogen-bond donors (Lipinski definition) is 3. The lowest BCUT2D eigenvalue weighted by Crippen LogP contribution is -2.44. The molecule has 1 saturated carbocycles. The summed E-state index contributed by atoms with van der Waals surface area (Å²) < 4.78 is 13.2. The van der Waals surface area contributed by atoms with Crippen molar-refractivity contribution in [2.75, 3.05) is 11.9 Å². The highest BCUT2D eigenvalue weighted by atomic mass is 19.1. The van der Waals surface area contributed by atoms with Crippen molar-refractivity contribution in [2.24, 2.45) is 0 Å². The molecule has 0 radical (unpaired) electrons. The van der Waals surface area contributed by atoms with Crippen molar-refractivity contribution in [1.29, 1.82) is 0 Å². The number of aryl methyl sites for hydroxylation is 1. The van der Waals surface area contributed by atoms with Crippen LogP contribution in [0, 0.1) is 12.7 Å². The number of urea groups is 1. The molecule has 1 aromatic carbocycles. The molecule has 2 rings (SSSR count). The summed E-state index contributed by atoms with van der Waals surface area (Å²) in [7, 11) is 0. The van der Waals surface area contributed by atoms with Gasteiger partial charge in [-0.15, -0.1) is 0 Å². The number of amides is 2. The van der Waals surface area contributed by atoms with E-state index in [4.69, 9.17) is 0 Å². The third kappa shape index (κ3) is 4.70. The lowest BCUT2D eigenvalue weighted by atomic mass is 9.95. The molecule has 0 heterocycles. The van der Waals surface area contributed by atoms with Gasteiger partial charge in [-0.25, -0.2) is 9.18 Å². The smallest absolute Gasteiger partial charge is 0.319 e. The van der Waals surface area contributed by atoms with Crippen LogP contribution >= 0.6 is 0 Å². The Hall–Kier alpha value is -1.62. The van der Waals surface area contributed by atoms with Gasteiger partial charge in [0.05, 0.1) is 5.60 Å². The molecule has 0 spiro atoms. The summed E-state index contributed by atoms with van der Waals surface area (Å²) in [6, 6.07) is 4.04. The van der Waals surface area contributed by atoms with Crippen LogP contribution in [0.3, 0.4) is 0 Å². The summed E-state index contributed by atoms with van der Waals surface area (Å²) in [6.07, 6.45) is 5.73. The lowest BCUT2D eigenvalue weighted by Gasteiger charge is -2.26. The van der Waals surface area contributed by atoms with Crippen LogP contribution < -0.4 is 10.6 Å². The van der Waals surface area contributed by atoms with Crippen molar-refractivity contribution in [3.8, 4) is 0 Å². The topological polar surface area (TPSA) is 61.4 Å². The van der Waals surface area contributed by atoms with Crippen LogP contribution in [-0.4, -0.2) is 23.3 Å². The zero-order chi connectivity index (χ0) is 15.3. The Morgan fingerprint density at radius 1 is 1.29 bits per heavy atom. The normalized spacial score (nSPS) is 17.9. The van der Waals surface area contributed by atoms with Crippen LogP contribution in [0.4, 0.5) is 14.9 Å². The number of halogens is 1. The first-order chi connectivity index (χ1) is 9.98. The fourth-order valence-electron chi connectivity index (χ4n) is 2.71. The van der Waals surface area contributed by atoms with E-state index in [1.807, 2.05) is 0 Å². The zero-order valence-electron chi connectivity index (χ0n) is 12.4. The summed E-state index contributed by atoms with van der Waals surface area (Å²) in [6.45, 7) is 1.89. The number of nitrogens with one attached hydrogen (secondary N) is 2. The van der Waals surface area contributed by atoms with Crippen molar-refractivity contribution >= 4 is 11.7 Å². The van der Waals surface area contributed by atoms with Crippen molar-refractivity contribution < 1.29 is 14.3 Å². The molecule has 1 aliphatic carbocycles. The van der Waals surface area contributed by atoms with E-state index < -0.39 is 5.60 Å². The average molecular weight is 294 g/mol. The summed E-state index contributed by atoms with van der Waals surface area (Å²) in [5.41, 5.74) is 0.224. The van der Waals surface area contributed by atoms with E-state index in [9.17, 15) is 14.3 Å². The molecular weight excluding hydrogens is 271 g/mol. The van der Waals surface area contributed by atoms with Gasteiger partial charge in [-0.05, 0) is 43.5 Å². The first kappa shape index (κ1) is 15.8. The van der Waals surface area contributed by atoms with Crippen molar-refractivity contribution in [3.05, 3.63) is 29.6 Å². The molecule has 2 amide bonds. The monoisotopic (exact) mass is 294 g/mol. The number of hydrogen-bond acceptors (Lipinski definition) is 2. The number of carbonyl (C=O) groups excluding carboxylic acids is 1. The van der Waals surface area contributed by atoms with Crippen molar-refractivity contribution in [3.63, 3.8) is 0 Å². The van der Waals surface area contributed by atoms with Crippen molar-refractivity contribution in [1.82, 2.24) is 5.32 Å². The number of anilines is 1. The molecule has 0 aliphatic heterocycles. The molecule has 0 saturated heterocycles. The molecule has 1 aromatic rings. The number of carbonyl (C=O) groups is 1. The molecule has 0 unspecified atom stereocenters. The summed E-state index contributed by atoms with van der Waals surface area (Å²) in [4.78, 5) is 11.9. The van der Waals surface area contributed by atoms with Gasteiger partial charge in [-0.2, -0.15) is 0 Å². The molecule has 21 heavy (non-hydrogen) atoms. The van der Waals surface area contributed by atoms with E-state index in [2.05, 4.69) is 10.6 Å². The Balaban J connectivity index is 1.85. The maximum absolute atomic E-state index is 13.2. The Bertz CT molecular complexity index is 497. The minimum absolute atomic E-state index is 0.249. The Morgan fingerprint density at radius 3 is 2.57 bits per heavy atom. The van der Waals surface area contributed by atoms with Crippen LogP contribution in [-0.2, 0) is 0 Å². The van der Waals surface area contributed by atoms with E-state index in [0.29, 0.717) is 11.3 Å². The fourth-order valence-corrected chi connectivity index (χ4v) is 2.71. The van der Waals surface area contributed by atoms with Gasteiger partial charge in [0.1, 0.15) is 5.82 Å². The minimum Gasteiger partial charge on any atom is -0.388 e. The first-order valence-electron chi connectivity index (χ1n) is 7.52. The highest BCUT2D eigenvalue weighted by Crippen LogP contribution is 2.26. The summed E-state index contributed by atoms with van der Waals surface area (Å²) in [5, 5.41) is 15.8. The number of benzene rings is 1. The highest BCUT2D eigenvalue weighted by molar-refractivity contribution is 5.89. The van der Waals surface area contributed by atoms with Crippen molar-refractivity contribution in [2.45, 2.75) is 51.0 Å². The number of aliphatic hydroxyl groups is 1. The standard InChI is InChI=1S/C16H23FN2O2/c1-12-10-13(6-7-14(12)17)19-15(20)18-11-16(21)8-4-2-3-5-9-16/h6-7,10,21H,2-5,8-9,11H2,1H3,(H2,18,19,20). The van der Waals surface area contributed by atoms with E-state index in [1.165, 1.54) is 12.1 Å². The van der Waals surface area contributed by atoms with E-state index >= 15 is 0 Å². The quantitative estimate of drug-likeness (QED) is 0.749. The van der Waals surface area contributed by atoms with Gasteiger partial charge in [0.25, 0.3) is 0 Å². The third-order valence-electron chi connectivity index (χ3n) is 4.03. The van der Waals surface area contributed by atoms with E-state index in [1.54, 1.807) is 13.0 Å². The first-order valence-corrected chi connectivity index (χ1v) is 7.52. The van der Waals surface area contributed by atoms with E-state index in [-0.39, 0.29) is 18.4 Å². The van der Waals surface area contributed by atoms with Crippen LogP contribution in [0.25, 0.3) is 0 Å². The zero-order valence-corrected chi connectivity index (χ0v) is 12.4. The highest BCUT2D eigenvalue weighted by Gasteiger charge is 2.28. The largest absolute Gasteiger partial charge is 0.388 e. The van der Waals surface area contributed by atoms with Crippen LogP contribution in [0.2, 0.25) is 0 Å². The Labute approximate surface area is 124 Å². The van der Waals surface area contributed by atoms with Gasteiger partial charge in [-0.3, -0.25) is 0 Å². The molecule has 1 aliphatic rings. The second-order valence-electron chi connectivity index (χ2n) is 5.91. The van der Waals surface area contributed by atoms with Gasteiger partial charge < -0.3 is 15.7 Å². The Kier molecular flexibility index (Phi) is 5.17. The SMILES string of the molecule is Cc1cc(NC(=O)NCC2(O)CCCCCC2)ccc1F. The third-order valence-corrected chi connectivity index (χ3v) is 4.03. The Morgan fingerprint density at radius 2 is 1.95 bits per heavy atom. The average Bonchev–Trinajstić information content (AvgIpc) is 2.66. The molecule has 4 nitrogen and oxygen atoms in total. The van der Waals surface area contributed by atoms with Crippen LogP contribution in [0.1, 0.15) is 44.1 Å². The summed E-state index contributed by atoms with van der Waals surface area (Å²) in [5.74, 6) is -0.297. The van der Waals surface area contributed by atoms with E-state index in [0.717, 1.165) is 38.5 Å². The summed E-state index contributed by atoms with van der Waals surface area (Å²) >= 11 is 0. The lowest BCUT2D eigenvalue weighted by molar-refractivity contribution is 0.0281. The molecule has 5 heteroatoms. The van der Waals surface area contributed by atoms with Gasteiger partial charge in [0, 0.05) is 12.2 Å². The molecular formula is C16H23FN2O2. The second-order valence-corrected chi connectivity index (χ2v) is 5.91. The number of rotatable bonds is 3. The molecule has 0 aromatic heterocycles. The molecule has 0 bridgehead atoms. The van der Waals surface area contributed by atoms with Crippen LogP contribution in [0.5, 0.6) is 0 Å². The van der Waals surface area contributed by atoms with Gasteiger partial charge >= 0.3 is 6.03 Å². The second kappa shape index (κ2) is 6.89. The van der Waals surface area contributed by atoms with Gasteiger partial charge in [0.15, 0.2) is 0 Å². The van der Waals surface area contributed by atoms with Crippen LogP contribution in [0.15, 0.2) is 18.2 Å². The molecule has 0 atom stereocenters. The maximum Gasteiger partial charge on any atom is 0.319 e. The minimum atomic E-state index is -0.799. The molecule has 3 N–H and O–H groups in total. The van der Waals surface area contributed by atoms with Gasteiger partial charge in [-0.1, -0.05) is 25.7 Å². The fraction of sp³-hybridized carbons (Fsp3) is 0.562. The van der Waals surface area contributed by atoms with Gasteiger partial charge in [0.2, 0.25) is 0 Å². The maximum atomic E-state index is 13.2. The molecule has 1 fully saturated rings. The molecule has 116 valence electrons. The predicted molar refractivity (Wildman–Crippen MR) is 80.8 cm³/mol.